The summed E-state index contributed by atoms with van der Waals surface area (Å²) in [5.41, 5.74) is 0. The van der Waals surface area contributed by atoms with Crippen molar-refractivity contribution in [1.29, 1.82) is 0 Å². The van der Waals surface area contributed by atoms with Gasteiger partial charge in [0.05, 0.1) is 5.75 Å². The first kappa shape index (κ1) is 14.1. The van der Waals surface area contributed by atoms with Crippen molar-refractivity contribution in [2.75, 3.05) is 11.1 Å². The molecule has 0 aliphatic heterocycles. The molecule has 10 heteroatoms. The zero-order valence-corrected chi connectivity index (χ0v) is 12.0. The van der Waals surface area contributed by atoms with Crippen LogP contribution < -0.4 is 5.32 Å². The minimum absolute atomic E-state index is 0.187. The first-order valence-corrected chi connectivity index (χ1v) is 7.16. The molecule has 0 saturated carbocycles. The Labute approximate surface area is 129 Å². The average Bonchev–Trinajstić information content (AvgIpc) is 3.09. The van der Waals surface area contributed by atoms with E-state index in [1.165, 1.54) is 35.4 Å². The summed E-state index contributed by atoms with van der Waals surface area (Å²) in [7, 11) is 0. The van der Waals surface area contributed by atoms with Crippen LogP contribution in [0.4, 0.5) is 5.82 Å². The van der Waals surface area contributed by atoms with Gasteiger partial charge in [0.15, 0.2) is 11.0 Å². The second-order valence-electron chi connectivity index (χ2n) is 3.97. The first-order chi connectivity index (χ1) is 10.8. The van der Waals surface area contributed by atoms with Gasteiger partial charge in [-0.3, -0.25) is 4.79 Å². The highest BCUT2D eigenvalue weighted by Crippen LogP contribution is 2.12. The van der Waals surface area contributed by atoms with E-state index >= 15 is 0 Å². The first-order valence-electron chi connectivity index (χ1n) is 6.18. The Kier molecular flexibility index (Phi) is 4.30. The molecule has 0 saturated heterocycles. The summed E-state index contributed by atoms with van der Waals surface area (Å²) in [6.07, 6.45) is 7.51. The van der Waals surface area contributed by atoms with Crippen molar-refractivity contribution in [3.8, 4) is 5.82 Å². The van der Waals surface area contributed by atoms with Gasteiger partial charge >= 0.3 is 0 Å². The maximum absolute atomic E-state index is 11.9. The Morgan fingerprint density at radius 2 is 2.05 bits per heavy atom. The van der Waals surface area contributed by atoms with Gasteiger partial charge < -0.3 is 5.32 Å². The third-order valence-corrected chi connectivity index (χ3v) is 3.32. The standard InChI is InChI=1S/C12H10N8OS/c21-11(5-22-12-14-2-1-3-15-12)19-9-4-10(17-7-16-9)20-8-13-6-18-20/h1-4,6-8H,5H2,(H,16,17,19,21). The molecule has 0 unspecified atom stereocenters. The molecule has 3 aromatic rings. The molecule has 0 spiro atoms. The fraction of sp³-hybridized carbons (Fsp3) is 0.0833. The normalized spacial score (nSPS) is 10.4. The van der Waals surface area contributed by atoms with Crippen LogP contribution in [0.15, 0.2) is 48.7 Å². The molecular weight excluding hydrogens is 304 g/mol. The number of carbonyl (C=O) groups is 1. The topological polar surface area (TPSA) is 111 Å². The molecule has 22 heavy (non-hydrogen) atoms. The van der Waals surface area contributed by atoms with Crippen LogP contribution in [0.2, 0.25) is 0 Å². The van der Waals surface area contributed by atoms with Crippen LogP contribution in [0.25, 0.3) is 5.82 Å². The molecule has 0 aliphatic carbocycles. The molecular formula is C12H10N8OS. The molecule has 0 aliphatic rings. The Bertz CT molecular complexity index is 749. The number of anilines is 1. The van der Waals surface area contributed by atoms with Gasteiger partial charge in [0.2, 0.25) is 5.91 Å². The van der Waals surface area contributed by atoms with E-state index in [4.69, 9.17) is 0 Å². The molecule has 0 aromatic carbocycles. The predicted octanol–water partition coefficient (Wildman–Crippen LogP) is 0.578. The summed E-state index contributed by atoms with van der Waals surface area (Å²) in [6.45, 7) is 0. The van der Waals surface area contributed by atoms with E-state index in [0.29, 0.717) is 16.8 Å². The third-order valence-electron chi connectivity index (χ3n) is 2.45. The van der Waals surface area contributed by atoms with Crippen LogP contribution in [0.3, 0.4) is 0 Å². The fourth-order valence-electron chi connectivity index (χ4n) is 1.54. The lowest BCUT2D eigenvalue weighted by Crippen LogP contribution is -2.15. The van der Waals surface area contributed by atoms with Crippen LogP contribution in [-0.4, -0.2) is 46.4 Å². The lowest BCUT2D eigenvalue weighted by Gasteiger charge is -2.05. The molecule has 3 aromatic heterocycles. The van der Waals surface area contributed by atoms with Gasteiger partial charge in [0, 0.05) is 18.5 Å². The number of amides is 1. The molecule has 9 nitrogen and oxygen atoms in total. The molecule has 3 heterocycles. The SMILES string of the molecule is O=C(CSc1ncccn1)Nc1cc(-n2cncn2)ncn1. The summed E-state index contributed by atoms with van der Waals surface area (Å²) in [4.78, 5) is 31.9. The minimum atomic E-state index is -0.208. The summed E-state index contributed by atoms with van der Waals surface area (Å²) in [5, 5.41) is 7.20. The van der Waals surface area contributed by atoms with Crippen LogP contribution in [0, 0.1) is 0 Å². The monoisotopic (exact) mass is 314 g/mol. The van der Waals surface area contributed by atoms with Crippen LogP contribution in [-0.2, 0) is 4.79 Å². The molecule has 0 bridgehead atoms. The van der Waals surface area contributed by atoms with Gasteiger partial charge in [-0.1, -0.05) is 11.8 Å². The molecule has 0 fully saturated rings. The van der Waals surface area contributed by atoms with Gasteiger partial charge in [0.25, 0.3) is 0 Å². The van der Waals surface area contributed by atoms with Crippen molar-refractivity contribution in [2.45, 2.75) is 5.16 Å². The number of aromatic nitrogens is 7. The van der Waals surface area contributed by atoms with Crippen LogP contribution in [0.5, 0.6) is 0 Å². The van der Waals surface area contributed by atoms with E-state index in [0.717, 1.165) is 0 Å². The molecule has 0 atom stereocenters. The lowest BCUT2D eigenvalue weighted by molar-refractivity contribution is -0.113. The van der Waals surface area contributed by atoms with Gasteiger partial charge in [-0.15, -0.1) is 0 Å². The van der Waals surface area contributed by atoms with Crippen molar-refractivity contribution in [1.82, 2.24) is 34.7 Å². The third kappa shape index (κ3) is 3.61. The zero-order valence-electron chi connectivity index (χ0n) is 11.2. The predicted molar refractivity (Wildman–Crippen MR) is 78.3 cm³/mol. The number of thioether (sulfide) groups is 1. The van der Waals surface area contributed by atoms with Gasteiger partial charge in [-0.05, 0) is 6.07 Å². The average molecular weight is 314 g/mol. The molecule has 0 radical (unpaired) electrons. The summed E-state index contributed by atoms with van der Waals surface area (Å²) in [5.74, 6) is 0.884. The second-order valence-corrected chi connectivity index (χ2v) is 4.91. The van der Waals surface area contributed by atoms with Crippen LogP contribution in [0.1, 0.15) is 0 Å². The number of nitrogens with zero attached hydrogens (tertiary/aromatic N) is 7. The molecule has 3 rings (SSSR count). The Balaban J connectivity index is 1.61. The highest BCUT2D eigenvalue weighted by molar-refractivity contribution is 7.99. The number of rotatable bonds is 5. The number of hydrogen-bond donors (Lipinski definition) is 1. The maximum Gasteiger partial charge on any atom is 0.236 e. The Hall–Kier alpha value is -2.88. The zero-order chi connectivity index (χ0) is 15.2. The number of nitrogens with one attached hydrogen (secondary N) is 1. The van der Waals surface area contributed by atoms with E-state index in [1.807, 2.05) is 0 Å². The van der Waals surface area contributed by atoms with Crippen molar-refractivity contribution in [2.24, 2.45) is 0 Å². The van der Waals surface area contributed by atoms with E-state index in [1.54, 1.807) is 24.5 Å². The van der Waals surface area contributed by atoms with Crippen molar-refractivity contribution in [3.63, 3.8) is 0 Å². The lowest BCUT2D eigenvalue weighted by atomic mass is 10.5. The van der Waals surface area contributed by atoms with Gasteiger partial charge in [-0.25, -0.2) is 29.6 Å². The Morgan fingerprint density at radius 3 is 2.82 bits per heavy atom. The molecule has 1 N–H and O–H groups in total. The van der Waals surface area contributed by atoms with Crippen LogP contribution >= 0.6 is 11.8 Å². The summed E-state index contributed by atoms with van der Waals surface area (Å²) in [6, 6.07) is 3.33. The highest BCUT2D eigenvalue weighted by Gasteiger charge is 2.07. The quantitative estimate of drug-likeness (QED) is 0.537. The Morgan fingerprint density at radius 1 is 1.18 bits per heavy atom. The number of hydrogen-bond acceptors (Lipinski definition) is 8. The van der Waals surface area contributed by atoms with Gasteiger partial charge in [-0.2, -0.15) is 5.10 Å². The van der Waals surface area contributed by atoms with Crippen molar-refractivity contribution >= 4 is 23.5 Å². The van der Waals surface area contributed by atoms with E-state index in [-0.39, 0.29) is 11.7 Å². The second kappa shape index (κ2) is 6.72. The highest BCUT2D eigenvalue weighted by atomic mass is 32.2. The fourth-order valence-corrected chi connectivity index (χ4v) is 2.14. The molecule has 110 valence electrons. The summed E-state index contributed by atoms with van der Waals surface area (Å²) >= 11 is 1.24. The van der Waals surface area contributed by atoms with Crippen molar-refractivity contribution < 1.29 is 4.79 Å². The van der Waals surface area contributed by atoms with Gasteiger partial charge in [0.1, 0.15) is 24.8 Å². The number of carbonyl (C=O) groups excluding carboxylic acids is 1. The minimum Gasteiger partial charge on any atom is -0.310 e. The van der Waals surface area contributed by atoms with E-state index in [2.05, 4.69) is 35.3 Å². The molecule has 1 amide bonds. The smallest absolute Gasteiger partial charge is 0.236 e. The van der Waals surface area contributed by atoms with E-state index < -0.39 is 0 Å². The van der Waals surface area contributed by atoms with Crippen molar-refractivity contribution in [3.05, 3.63) is 43.5 Å². The van der Waals surface area contributed by atoms with E-state index in [9.17, 15) is 4.79 Å². The maximum atomic E-state index is 11.9. The summed E-state index contributed by atoms with van der Waals surface area (Å²) < 4.78 is 1.48. The largest absolute Gasteiger partial charge is 0.310 e.